The number of aliphatic hydroxyl groups excluding tert-OH is 1. The molecule has 3 saturated carbocycles. The molecule has 180 valence electrons. The predicted octanol–water partition coefficient (Wildman–Crippen LogP) is 4.99. The van der Waals surface area contributed by atoms with Gasteiger partial charge in [-0.25, -0.2) is 0 Å². The highest BCUT2D eigenvalue weighted by Gasteiger charge is 2.64. The molecule has 3 rings (SSSR count). The summed E-state index contributed by atoms with van der Waals surface area (Å²) < 4.78 is 0. The van der Waals surface area contributed by atoms with Crippen molar-refractivity contribution in [1.29, 1.82) is 0 Å². The van der Waals surface area contributed by atoms with Crippen molar-refractivity contribution in [2.45, 2.75) is 109 Å². The van der Waals surface area contributed by atoms with Crippen LogP contribution < -0.4 is 0 Å². The molecule has 4 nitrogen and oxygen atoms in total. The lowest BCUT2D eigenvalue weighted by Gasteiger charge is -2.52. The molecule has 0 aromatic carbocycles. The summed E-state index contributed by atoms with van der Waals surface area (Å²) in [6, 6.07) is 0. The van der Waals surface area contributed by atoms with E-state index >= 15 is 0 Å². The van der Waals surface area contributed by atoms with Crippen molar-refractivity contribution in [2.75, 3.05) is 0 Å². The first kappa shape index (κ1) is 25.4. The molecule has 3 aliphatic rings. The second kappa shape index (κ2) is 8.87. The molecule has 0 radical (unpaired) electrons. The van der Waals surface area contributed by atoms with E-state index in [1.54, 1.807) is 26.0 Å². The number of hydrogen-bond acceptors (Lipinski definition) is 4. The lowest BCUT2D eigenvalue weighted by Crippen LogP contribution is -2.60. The second-order valence-corrected chi connectivity index (χ2v) is 11.5. The smallest absolute Gasteiger partial charge is 0.109 e. The Morgan fingerprint density at radius 1 is 1.06 bits per heavy atom. The van der Waals surface area contributed by atoms with Gasteiger partial charge < -0.3 is 20.4 Å². The van der Waals surface area contributed by atoms with Crippen molar-refractivity contribution < 1.29 is 20.4 Å². The highest BCUT2D eigenvalue weighted by molar-refractivity contribution is 5.37. The lowest BCUT2D eigenvalue weighted by atomic mass is 9.57. The fourth-order valence-corrected chi connectivity index (χ4v) is 6.14. The van der Waals surface area contributed by atoms with E-state index in [1.165, 1.54) is 5.57 Å². The highest BCUT2D eigenvalue weighted by atomic mass is 16.4. The van der Waals surface area contributed by atoms with Gasteiger partial charge in [0.1, 0.15) is 11.2 Å². The van der Waals surface area contributed by atoms with E-state index in [0.29, 0.717) is 12.8 Å². The van der Waals surface area contributed by atoms with Gasteiger partial charge in [0, 0.05) is 5.41 Å². The van der Waals surface area contributed by atoms with Crippen LogP contribution in [-0.4, -0.2) is 43.3 Å². The fourth-order valence-electron chi connectivity index (χ4n) is 6.14. The molecule has 0 spiro atoms. The van der Waals surface area contributed by atoms with E-state index in [-0.39, 0.29) is 17.9 Å². The Kier molecular flexibility index (Phi) is 7.04. The first-order chi connectivity index (χ1) is 14.7. The zero-order chi connectivity index (χ0) is 23.9. The van der Waals surface area contributed by atoms with Crippen LogP contribution in [-0.2, 0) is 0 Å². The van der Waals surface area contributed by atoms with Gasteiger partial charge in [-0.1, -0.05) is 62.8 Å². The number of allylic oxidation sites excluding steroid dienone is 4. The molecule has 4 N–H and O–H groups in total. The van der Waals surface area contributed by atoms with E-state index < -0.39 is 22.2 Å². The van der Waals surface area contributed by atoms with Crippen molar-refractivity contribution >= 4 is 0 Å². The van der Waals surface area contributed by atoms with Crippen molar-refractivity contribution in [1.82, 2.24) is 0 Å². The van der Waals surface area contributed by atoms with Crippen molar-refractivity contribution in [3.63, 3.8) is 0 Å². The lowest BCUT2D eigenvalue weighted by molar-refractivity contribution is -0.179. The van der Waals surface area contributed by atoms with Crippen LogP contribution >= 0.6 is 0 Å². The Morgan fingerprint density at radius 3 is 2.41 bits per heavy atom. The summed E-state index contributed by atoms with van der Waals surface area (Å²) in [7, 11) is 0. The SMILES string of the molecule is C=C1CC[C@H](O)CC1=CC=C1CCC[C@@]2(C)C1CC[C@]2(O)[C@@](C)(O)/C=C/[C@@](C)(O)C(C)C. The molecule has 3 fully saturated rings. The van der Waals surface area contributed by atoms with E-state index in [4.69, 9.17) is 0 Å². The number of rotatable bonds is 5. The minimum absolute atomic E-state index is 0.00131. The van der Waals surface area contributed by atoms with E-state index in [2.05, 4.69) is 25.7 Å². The average Bonchev–Trinajstić information content (AvgIpc) is 3.00. The molecule has 0 aromatic rings. The molecule has 1 unspecified atom stereocenters. The molecule has 32 heavy (non-hydrogen) atoms. The quantitative estimate of drug-likeness (QED) is 0.451. The van der Waals surface area contributed by atoms with Crippen LogP contribution in [0.15, 0.2) is 47.6 Å². The van der Waals surface area contributed by atoms with E-state index in [0.717, 1.165) is 49.7 Å². The number of fused-ring (bicyclic) bond motifs is 1. The van der Waals surface area contributed by atoms with Crippen molar-refractivity contribution in [3.05, 3.63) is 47.6 Å². The summed E-state index contributed by atoms with van der Waals surface area (Å²) in [6.45, 7) is 13.6. The van der Waals surface area contributed by atoms with Gasteiger partial charge in [0.25, 0.3) is 0 Å². The molecule has 0 amide bonds. The third kappa shape index (κ3) is 4.44. The van der Waals surface area contributed by atoms with Crippen LogP contribution in [0.3, 0.4) is 0 Å². The predicted molar refractivity (Wildman–Crippen MR) is 130 cm³/mol. The van der Waals surface area contributed by atoms with Gasteiger partial charge in [0.15, 0.2) is 0 Å². The number of hydrogen-bond donors (Lipinski definition) is 4. The Morgan fingerprint density at radius 2 is 1.75 bits per heavy atom. The summed E-state index contributed by atoms with van der Waals surface area (Å²) >= 11 is 0. The second-order valence-electron chi connectivity index (χ2n) is 11.5. The largest absolute Gasteiger partial charge is 0.393 e. The molecule has 6 atom stereocenters. The zero-order valence-corrected chi connectivity index (χ0v) is 20.7. The molecule has 0 saturated heterocycles. The first-order valence-corrected chi connectivity index (χ1v) is 12.4. The molecular formula is C28H44O4. The summed E-state index contributed by atoms with van der Waals surface area (Å²) in [4.78, 5) is 0. The van der Waals surface area contributed by atoms with Crippen molar-refractivity contribution in [2.24, 2.45) is 17.3 Å². The van der Waals surface area contributed by atoms with E-state index in [1.807, 2.05) is 13.8 Å². The summed E-state index contributed by atoms with van der Waals surface area (Å²) in [5.41, 5.74) is -0.652. The van der Waals surface area contributed by atoms with Gasteiger partial charge in [0.2, 0.25) is 0 Å². The van der Waals surface area contributed by atoms with Crippen LogP contribution in [0, 0.1) is 17.3 Å². The Labute approximate surface area is 194 Å². The molecular weight excluding hydrogens is 400 g/mol. The zero-order valence-electron chi connectivity index (χ0n) is 20.7. The minimum atomic E-state index is -1.45. The van der Waals surface area contributed by atoms with Crippen LogP contribution in [0.1, 0.15) is 86.0 Å². The van der Waals surface area contributed by atoms with Gasteiger partial charge in [-0.15, -0.1) is 0 Å². The van der Waals surface area contributed by atoms with E-state index in [9.17, 15) is 20.4 Å². The van der Waals surface area contributed by atoms with Gasteiger partial charge in [-0.2, -0.15) is 0 Å². The van der Waals surface area contributed by atoms with Crippen LogP contribution in [0.25, 0.3) is 0 Å². The average molecular weight is 445 g/mol. The Balaban J connectivity index is 1.89. The Bertz CT molecular complexity index is 815. The molecule has 4 heteroatoms. The fraction of sp³-hybridized carbons (Fsp3) is 0.714. The van der Waals surface area contributed by atoms with Crippen LogP contribution in [0.4, 0.5) is 0 Å². The van der Waals surface area contributed by atoms with Crippen LogP contribution in [0.5, 0.6) is 0 Å². The monoisotopic (exact) mass is 444 g/mol. The molecule has 0 aromatic heterocycles. The van der Waals surface area contributed by atoms with Gasteiger partial charge in [0.05, 0.1) is 11.7 Å². The van der Waals surface area contributed by atoms with Gasteiger partial charge in [-0.05, 0) is 82.6 Å². The third-order valence-corrected chi connectivity index (χ3v) is 9.06. The highest BCUT2D eigenvalue weighted by Crippen LogP contribution is 2.62. The van der Waals surface area contributed by atoms with Crippen molar-refractivity contribution in [3.8, 4) is 0 Å². The number of aliphatic hydroxyl groups is 4. The maximum atomic E-state index is 11.9. The van der Waals surface area contributed by atoms with Gasteiger partial charge >= 0.3 is 0 Å². The molecule has 3 aliphatic carbocycles. The molecule has 0 bridgehead atoms. The normalized spacial score (nSPS) is 40.1. The van der Waals surface area contributed by atoms with Crippen LogP contribution in [0.2, 0.25) is 0 Å². The maximum Gasteiger partial charge on any atom is 0.109 e. The Hall–Kier alpha value is -1.20. The topological polar surface area (TPSA) is 80.9 Å². The summed E-state index contributed by atoms with van der Waals surface area (Å²) in [5.74, 6) is 0.201. The maximum absolute atomic E-state index is 11.9. The standard InChI is InChI=1S/C28H44O4/c1-19(2)26(5,30)16-17-27(6,31)28(32)15-13-24-21(8-7-14-25(24,28)4)10-11-22-18-23(29)12-9-20(22)3/h10-11,16-17,19,23-24,29-32H,3,7-9,12-15,18H2,1-2,4-6H3/b17-16+,21-10?,22-11?/t23-,24?,25-,26+,27-,28+/m0/s1. The summed E-state index contributed by atoms with van der Waals surface area (Å²) in [5, 5.41) is 44.1. The molecule has 0 heterocycles. The van der Waals surface area contributed by atoms with Gasteiger partial charge in [-0.3, -0.25) is 0 Å². The third-order valence-electron chi connectivity index (χ3n) is 9.06. The minimum Gasteiger partial charge on any atom is -0.393 e. The first-order valence-electron chi connectivity index (χ1n) is 12.4. The molecule has 0 aliphatic heterocycles. The summed E-state index contributed by atoms with van der Waals surface area (Å²) in [6.07, 6.45) is 13.8.